The van der Waals surface area contributed by atoms with Gasteiger partial charge in [-0.15, -0.1) is 11.8 Å². The van der Waals surface area contributed by atoms with Crippen LogP contribution in [0.3, 0.4) is 0 Å². The van der Waals surface area contributed by atoms with Crippen molar-refractivity contribution in [2.45, 2.75) is 61.3 Å². The molecule has 2 fully saturated rings. The van der Waals surface area contributed by atoms with Crippen LogP contribution >= 0.6 is 11.8 Å². The zero-order chi connectivity index (χ0) is 24.4. The molecule has 1 aromatic heterocycles. The van der Waals surface area contributed by atoms with Gasteiger partial charge in [-0.1, -0.05) is 42.5 Å². The maximum atomic E-state index is 13.8. The summed E-state index contributed by atoms with van der Waals surface area (Å²) in [6, 6.07) is 18.2. The lowest BCUT2D eigenvalue weighted by Gasteiger charge is -2.47. The Morgan fingerprint density at radius 3 is 2.39 bits per heavy atom. The van der Waals surface area contributed by atoms with Crippen LogP contribution in [0.15, 0.2) is 70.5 Å². The van der Waals surface area contributed by atoms with Crippen LogP contribution in [0.1, 0.15) is 71.7 Å². The minimum Gasteiger partial charge on any atom is -0.502 e. The standard InChI is InChI=1S/C29H29N3O3S/c33-23-11-16-31-26(27(23)34)28(35)30(20-9-12-29(13-10-20)14-15-29)18-32(31)25-21-6-2-1-5-19(21)17-36-24-8-4-3-7-22(24)25/h1-8,11,16,20,25,34H,9-10,12-15,17-18H2/t25-/m0/s1. The molecule has 0 unspecified atom stereocenters. The molecule has 4 aliphatic rings. The van der Waals surface area contributed by atoms with E-state index < -0.39 is 11.2 Å². The lowest BCUT2D eigenvalue weighted by Crippen LogP contribution is -2.58. The van der Waals surface area contributed by atoms with Crippen molar-refractivity contribution in [3.63, 3.8) is 0 Å². The van der Waals surface area contributed by atoms with Crippen molar-refractivity contribution in [3.8, 4) is 5.75 Å². The van der Waals surface area contributed by atoms with Gasteiger partial charge in [0.05, 0.1) is 6.04 Å². The summed E-state index contributed by atoms with van der Waals surface area (Å²) >= 11 is 1.83. The SMILES string of the molecule is O=C1c2c(O)c(=O)ccn2N([C@H]2c3ccccc3CSc3ccccc32)CN1C1CCC2(CC1)CC2. The van der Waals surface area contributed by atoms with Crippen molar-refractivity contribution < 1.29 is 9.90 Å². The Morgan fingerprint density at radius 1 is 0.889 bits per heavy atom. The molecule has 1 N–H and O–H groups in total. The van der Waals surface area contributed by atoms with E-state index in [1.807, 2.05) is 16.7 Å². The summed E-state index contributed by atoms with van der Waals surface area (Å²) in [5.41, 5.74) is 3.69. The van der Waals surface area contributed by atoms with E-state index in [0.717, 1.165) is 31.4 Å². The lowest BCUT2D eigenvalue weighted by molar-refractivity contribution is 0.0504. The highest BCUT2D eigenvalue weighted by Gasteiger charge is 2.48. The number of rotatable bonds is 2. The molecule has 3 heterocycles. The zero-order valence-electron chi connectivity index (χ0n) is 20.1. The van der Waals surface area contributed by atoms with Crippen LogP contribution < -0.4 is 10.4 Å². The highest BCUT2D eigenvalue weighted by Crippen LogP contribution is 2.56. The maximum Gasteiger partial charge on any atom is 0.278 e. The Morgan fingerprint density at radius 2 is 1.61 bits per heavy atom. The Kier molecular flexibility index (Phi) is 5.00. The summed E-state index contributed by atoms with van der Waals surface area (Å²) in [6.07, 6.45) is 8.53. The van der Waals surface area contributed by atoms with E-state index in [9.17, 15) is 14.7 Å². The summed E-state index contributed by atoms with van der Waals surface area (Å²) in [7, 11) is 0. The fourth-order valence-corrected chi connectivity index (χ4v) is 7.55. The monoisotopic (exact) mass is 499 g/mol. The number of carbonyl (C=O) groups is 1. The van der Waals surface area contributed by atoms with E-state index in [1.165, 1.54) is 40.5 Å². The molecule has 3 aromatic rings. The first kappa shape index (κ1) is 22.0. The molecule has 36 heavy (non-hydrogen) atoms. The van der Waals surface area contributed by atoms with E-state index in [1.54, 1.807) is 10.9 Å². The van der Waals surface area contributed by atoms with E-state index in [4.69, 9.17) is 0 Å². The smallest absolute Gasteiger partial charge is 0.278 e. The molecule has 1 amide bonds. The third-order valence-corrected chi connectivity index (χ3v) is 9.89. The molecule has 2 aliphatic heterocycles. The molecule has 1 spiro atoms. The van der Waals surface area contributed by atoms with Gasteiger partial charge >= 0.3 is 0 Å². The average molecular weight is 500 g/mol. The Bertz CT molecular complexity index is 1370. The topological polar surface area (TPSA) is 65.8 Å². The Labute approximate surface area is 214 Å². The fraction of sp³-hybridized carbons (Fsp3) is 0.379. The van der Waals surface area contributed by atoms with Gasteiger partial charge in [-0.2, -0.15) is 0 Å². The number of benzene rings is 2. The molecule has 7 heteroatoms. The minimum absolute atomic E-state index is 0.0762. The van der Waals surface area contributed by atoms with Gasteiger partial charge in [0.1, 0.15) is 6.67 Å². The van der Waals surface area contributed by atoms with Crippen molar-refractivity contribution in [1.29, 1.82) is 0 Å². The van der Waals surface area contributed by atoms with E-state index in [-0.39, 0.29) is 23.7 Å². The second kappa shape index (κ2) is 8.17. The number of amides is 1. The summed E-state index contributed by atoms with van der Waals surface area (Å²) in [4.78, 5) is 29.5. The van der Waals surface area contributed by atoms with Crippen LogP contribution in [-0.2, 0) is 5.75 Å². The first-order valence-corrected chi connectivity index (χ1v) is 13.9. The van der Waals surface area contributed by atoms with Crippen LogP contribution in [-0.4, -0.2) is 33.3 Å². The molecule has 2 aliphatic carbocycles. The van der Waals surface area contributed by atoms with Crippen LogP contribution in [0, 0.1) is 5.41 Å². The molecule has 6 nitrogen and oxygen atoms in total. The summed E-state index contributed by atoms with van der Waals surface area (Å²) < 4.78 is 1.73. The number of hydrogen-bond acceptors (Lipinski definition) is 5. The third-order valence-electron chi connectivity index (χ3n) is 8.75. The molecular weight excluding hydrogens is 470 g/mol. The number of aromatic nitrogens is 1. The molecule has 0 radical (unpaired) electrons. The van der Waals surface area contributed by atoms with Crippen molar-refractivity contribution in [1.82, 2.24) is 9.58 Å². The van der Waals surface area contributed by atoms with E-state index in [2.05, 4.69) is 53.5 Å². The number of carbonyl (C=O) groups excluding carboxylic acids is 1. The van der Waals surface area contributed by atoms with E-state index >= 15 is 0 Å². The number of hydrogen-bond donors (Lipinski definition) is 1. The first-order chi connectivity index (χ1) is 17.5. The average Bonchev–Trinajstić information content (AvgIpc) is 3.68. The predicted molar refractivity (Wildman–Crippen MR) is 140 cm³/mol. The van der Waals surface area contributed by atoms with Crippen molar-refractivity contribution >= 4 is 17.7 Å². The largest absolute Gasteiger partial charge is 0.502 e. The molecule has 2 aromatic carbocycles. The summed E-state index contributed by atoms with van der Waals surface area (Å²) in [6.45, 7) is 0.407. The Balaban J connectivity index is 1.39. The number of fused-ring (bicyclic) bond motifs is 3. The van der Waals surface area contributed by atoms with Crippen molar-refractivity contribution in [2.24, 2.45) is 5.41 Å². The summed E-state index contributed by atoms with van der Waals surface area (Å²) in [5.74, 6) is 0.159. The van der Waals surface area contributed by atoms with Gasteiger partial charge in [-0.25, -0.2) is 0 Å². The van der Waals surface area contributed by atoms with Gasteiger partial charge in [0.25, 0.3) is 5.91 Å². The lowest BCUT2D eigenvalue weighted by atomic mass is 9.82. The van der Waals surface area contributed by atoms with Crippen molar-refractivity contribution in [3.05, 3.63) is 93.4 Å². The number of aromatic hydroxyl groups is 1. The number of pyridine rings is 1. The molecule has 2 saturated carbocycles. The number of thioether (sulfide) groups is 1. The fourth-order valence-electron chi connectivity index (χ4n) is 6.46. The zero-order valence-corrected chi connectivity index (χ0v) is 20.9. The Hall–Kier alpha value is -3.19. The molecule has 1 atom stereocenters. The van der Waals surface area contributed by atoms with Gasteiger partial charge < -0.3 is 10.0 Å². The maximum absolute atomic E-state index is 13.8. The quantitative estimate of drug-likeness (QED) is 0.536. The van der Waals surface area contributed by atoms with Crippen LogP contribution in [0.5, 0.6) is 5.75 Å². The molecule has 0 bridgehead atoms. The molecule has 7 rings (SSSR count). The molecule has 0 saturated heterocycles. The van der Waals surface area contributed by atoms with Crippen LogP contribution in [0.25, 0.3) is 0 Å². The van der Waals surface area contributed by atoms with Crippen molar-refractivity contribution in [2.75, 3.05) is 11.7 Å². The third kappa shape index (κ3) is 3.39. The number of nitrogens with zero attached hydrogens (tertiary/aromatic N) is 3. The molecular formula is C29H29N3O3S. The van der Waals surface area contributed by atoms with Gasteiger partial charge in [0.15, 0.2) is 11.4 Å². The highest BCUT2D eigenvalue weighted by molar-refractivity contribution is 7.98. The summed E-state index contributed by atoms with van der Waals surface area (Å²) in [5, 5.41) is 13.0. The van der Waals surface area contributed by atoms with E-state index in [0.29, 0.717) is 12.1 Å². The second-order valence-electron chi connectivity index (χ2n) is 10.7. The minimum atomic E-state index is -0.519. The highest BCUT2D eigenvalue weighted by atomic mass is 32.2. The second-order valence-corrected chi connectivity index (χ2v) is 11.8. The van der Waals surface area contributed by atoms with Crippen LogP contribution in [0.2, 0.25) is 0 Å². The van der Waals surface area contributed by atoms with Crippen LogP contribution in [0.4, 0.5) is 0 Å². The normalized spacial score (nSPS) is 22.6. The van der Waals surface area contributed by atoms with Gasteiger partial charge in [0, 0.05) is 29.0 Å². The predicted octanol–water partition coefficient (Wildman–Crippen LogP) is 5.02. The first-order valence-electron chi connectivity index (χ1n) is 12.9. The molecule has 184 valence electrons. The van der Waals surface area contributed by atoms with Gasteiger partial charge in [-0.05, 0) is 66.7 Å². The van der Waals surface area contributed by atoms with Gasteiger partial charge in [-0.3, -0.25) is 19.3 Å². The van der Waals surface area contributed by atoms with Gasteiger partial charge in [0.2, 0.25) is 5.43 Å².